The van der Waals surface area contributed by atoms with Gasteiger partial charge >= 0.3 is 0 Å². The second kappa shape index (κ2) is 6.63. The van der Waals surface area contributed by atoms with Gasteiger partial charge in [-0.1, -0.05) is 27.7 Å². The Bertz CT molecular complexity index is 345. The molecule has 0 heterocycles. The van der Waals surface area contributed by atoms with Crippen molar-refractivity contribution in [1.29, 1.82) is 0 Å². The zero-order valence-corrected chi connectivity index (χ0v) is 11.3. The van der Waals surface area contributed by atoms with Gasteiger partial charge in [-0.15, -0.1) is 0 Å². The summed E-state index contributed by atoms with van der Waals surface area (Å²) in [7, 11) is 0. The van der Waals surface area contributed by atoms with Crippen molar-refractivity contribution in [3.63, 3.8) is 0 Å². The normalized spacial score (nSPS) is 11.2. The minimum absolute atomic E-state index is 0.206. The van der Waals surface area contributed by atoms with Crippen LogP contribution < -0.4 is 4.74 Å². The Morgan fingerprint density at radius 2 is 1.76 bits per heavy atom. The molecule has 1 rings (SSSR count). The van der Waals surface area contributed by atoms with Crippen LogP contribution in [0.2, 0.25) is 0 Å². The highest BCUT2D eigenvalue weighted by Crippen LogP contribution is 2.19. The van der Waals surface area contributed by atoms with Crippen LogP contribution >= 0.6 is 0 Å². The average Bonchev–Trinajstić information content (AvgIpc) is 2.14. The molecule has 0 aliphatic rings. The fourth-order valence-corrected chi connectivity index (χ4v) is 1.71. The van der Waals surface area contributed by atoms with E-state index in [1.165, 1.54) is 6.07 Å². The zero-order chi connectivity index (χ0) is 12.8. The largest absolute Gasteiger partial charge is 0.493 e. The van der Waals surface area contributed by atoms with Crippen LogP contribution in [-0.2, 0) is 6.42 Å². The summed E-state index contributed by atoms with van der Waals surface area (Å²) in [6, 6.07) is 5.00. The van der Waals surface area contributed by atoms with Gasteiger partial charge in [0.25, 0.3) is 0 Å². The van der Waals surface area contributed by atoms with E-state index < -0.39 is 0 Å². The first-order valence-electron chi connectivity index (χ1n) is 6.39. The molecule has 0 amide bonds. The van der Waals surface area contributed by atoms with Crippen molar-refractivity contribution >= 4 is 0 Å². The van der Waals surface area contributed by atoms with Crippen LogP contribution in [-0.4, -0.2) is 6.61 Å². The van der Waals surface area contributed by atoms with Crippen LogP contribution in [0.15, 0.2) is 18.2 Å². The van der Waals surface area contributed by atoms with Crippen molar-refractivity contribution in [2.45, 2.75) is 40.5 Å². The van der Waals surface area contributed by atoms with Crippen molar-refractivity contribution in [3.05, 3.63) is 29.6 Å². The second-order valence-corrected chi connectivity index (χ2v) is 5.42. The molecular weight excluding hydrogens is 215 g/mol. The summed E-state index contributed by atoms with van der Waals surface area (Å²) >= 11 is 0. The van der Waals surface area contributed by atoms with E-state index in [-0.39, 0.29) is 5.82 Å². The van der Waals surface area contributed by atoms with Gasteiger partial charge < -0.3 is 4.74 Å². The predicted molar refractivity (Wildman–Crippen MR) is 69.9 cm³/mol. The first kappa shape index (κ1) is 14.0. The monoisotopic (exact) mass is 238 g/mol. The van der Waals surface area contributed by atoms with E-state index in [0.29, 0.717) is 24.2 Å². The minimum atomic E-state index is -0.206. The van der Waals surface area contributed by atoms with Crippen LogP contribution in [0.5, 0.6) is 5.75 Å². The number of rotatable bonds is 6. The number of hydrogen-bond donors (Lipinski definition) is 0. The third-order valence-electron chi connectivity index (χ3n) is 2.54. The van der Waals surface area contributed by atoms with E-state index in [1.54, 1.807) is 6.07 Å². The number of hydrogen-bond acceptors (Lipinski definition) is 1. The molecule has 1 aromatic carbocycles. The maximum Gasteiger partial charge on any atom is 0.127 e. The molecule has 0 fully saturated rings. The van der Waals surface area contributed by atoms with E-state index in [4.69, 9.17) is 4.74 Å². The van der Waals surface area contributed by atoms with Gasteiger partial charge in [0.05, 0.1) is 6.61 Å². The summed E-state index contributed by atoms with van der Waals surface area (Å²) in [4.78, 5) is 0. The number of benzene rings is 1. The van der Waals surface area contributed by atoms with Crippen LogP contribution in [0, 0.1) is 17.7 Å². The summed E-state index contributed by atoms with van der Waals surface area (Å²) in [5, 5.41) is 0. The fourth-order valence-electron chi connectivity index (χ4n) is 1.71. The van der Waals surface area contributed by atoms with Gasteiger partial charge in [0.1, 0.15) is 11.6 Å². The summed E-state index contributed by atoms with van der Waals surface area (Å²) in [5.41, 5.74) is 1.01. The number of halogens is 1. The van der Waals surface area contributed by atoms with Crippen molar-refractivity contribution in [3.8, 4) is 5.75 Å². The second-order valence-electron chi connectivity index (χ2n) is 5.42. The molecule has 0 atom stereocenters. The smallest absolute Gasteiger partial charge is 0.127 e. The topological polar surface area (TPSA) is 9.23 Å². The standard InChI is InChI=1S/C15H23FO/c1-11(2)5-6-17-15-9-13(7-12(3)4)8-14(16)10-15/h8-12H,5-7H2,1-4H3. The van der Waals surface area contributed by atoms with E-state index in [1.807, 2.05) is 6.07 Å². The molecule has 0 bridgehead atoms. The van der Waals surface area contributed by atoms with Gasteiger partial charge in [-0.05, 0) is 42.4 Å². The van der Waals surface area contributed by atoms with E-state index in [2.05, 4.69) is 27.7 Å². The molecule has 0 saturated heterocycles. The molecule has 0 spiro atoms. The fraction of sp³-hybridized carbons (Fsp3) is 0.600. The van der Waals surface area contributed by atoms with Gasteiger partial charge in [-0.25, -0.2) is 4.39 Å². The lowest BCUT2D eigenvalue weighted by atomic mass is 10.0. The Hall–Kier alpha value is -1.05. The van der Waals surface area contributed by atoms with Gasteiger partial charge in [-0.2, -0.15) is 0 Å². The maximum absolute atomic E-state index is 13.4. The lowest BCUT2D eigenvalue weighted by Gasteiger charge is -2.11. The molecule has 0 unspecified atom stereocenters. The van der Waals surface area contributed by atoms with Crippen LogP contribution in [0.25, 0.3) is 0 Å². The Morgan fingerprint density at radius 1 is 1.06 bits per heavy atom. The first-order chi connectivity index (χ1) is 7.97. The van der Waals surface area contributed by atoms with E-state index in [9.17, 15) is 4.39 Å². The molecule has 0 aliphatic carbocycles. The molecule has 1 aromatic rings. The lowest BCUT2D eigenvalue weighted by Crippen LogP contribution is -2.03. The highest BCUT2D eigenvalue weighted by molar-refractivity contribution is 5.29. The molecule has 96 valence electrons. The maximum atomic E-state index is 13.4. The minimum Gasteiger partial charge on any atom is -0.493 e. The third-order valence-corrected chi connectivity index (χ3v) is 2.54. The SMILES string of the molecule is CC(C)CCOc1cc(F)cc(CC(C)C)c1. The predicted octanol–water partition coefficient (Wildman–Crippen LogP) is 4.45. The first-order valence-corrected chi connectivity index (χ1v) is 6.39. The number of ether oxygens (including phenoxy) is 1. The molecule has 0 aliphatic heterocycles. The molecular formula is C15H23FO. The highest BCUT2D eigenvalue weighted by Gasteiger charge is 2.04. The molecule has 0 radical (unpaired) electrons. The Kier molecular flexibility index (Phi) is 5.46. The lowest BCUT2D eigenvalue weighted by molar-refractivity contribution is 0.288. The van der Waals surface area contributed by atoms with Gasteiger partial charge in [-0.3, -0.25) is 0 Å². The average molecular weight is 238 g/mol. The quantitative estimate of drug-likeness (QED) is 0.711. The van der Waals surface area contributed by atoms with Crippen LogP contribution in [0.1, 0.15) is 39.7 Å². The van der Waals surface area contributed by atoms with Crippen molar-refractivity contribution in [2.75, 3.05) is 6.61 Å². The third kappa shape index (κ3) is 5.71. The van der Waals surface area contributed by atoms with Crippen LogP contribution in [0.4, 0.5) is 4.39 Å². The summed E-state index contributed by atoms with van der Waals surface area (Å²) < 4.78 is 19.0. The van der Waals surface area contributed by atoms with E-state index in [0.717, 1.165) is 18.4 Å². The molecule has 1 nitrogen and oxygen atoms in total. The van der Waals surface area contributed by atoms with Crippen LogP contribution in [0.3, 0.4) is 0 Å². The summed E-state index contributed by atoms with van der Waals surface area (Å²) in [6.07, 6.45) is 1.88. The highest BCUT2D eigenvalue weighted by atomic mass is 19.1. The van der Waals surface area contributed by atoms with Gasteiger partial charge in [0, 0.05) is 6.07 Å². The molecule has 0 N–H and O–H groups in total. The zero-order valence-electron chi connectivity index (χ0n) is 11.3. The van der Waals surface area contributed by atoms with Crippen molar-refractivity contribution in [2.24, 2.45) is 11.8 Å². The van der Waals surface area contributed by atoms with Crippen molar-refractivity contribution in [1.82, 2.24) is 0 Å². The summed E-state index contributed by atoms with van der Waals surface area (Å²) in [6.45, 7) is 9.22. The molecule has 0 aromatic heterocycles. The Morgan fingerprint density at radius 3 is 2.35 bits per heavy atom. The molecule has 0 saturated carbocycles. The van der Waals surface area contributed by atoms with Gasteiger partial charge in [0.15, 0.2) is 0 Å². The summed E-state index contributed by atoms with van der Waals surface area (Å²) in [5.74, 6) is 1.59. The van der Waals surface area contributed by atoms with E-state index >= 15 is 0 Å². The Labute approximate surface area is 104 Å². The molecule has 2 heteroatoms. The Balaban J connectivity index is 2.62. The molecule has 17 heavy (non-hydrogen) atoms. The van der Waals surface area contributed by atoms with Crippen molar-refractivity contribution < 1.29 is 9.13 Å². The van der Waals surface area contributed by atoms with Gasteiger partial charge in [0.2, 0.25) is 0 Å².